The van der Waals surface area contributed by atoms with E-state index in [0.717, 1.165) is 0 Å². The number of nitro benzene ring substituents is 1. The molecule has 1 rings (SSSR count). The van der Waals surface area contributed by atoms with Gasteiger partial charge in [0.2, 0.25) is 0 Å². The second kappa shape index (κ2) is 11.4. The number of nitro groups is 1. The van der Waals surface area contributed by atoms with Crippen LogP contribution < -0.4 is 5.32 Å². The van der Waals surface area contributed by atoms with E-state index < -0.39 is 11.7 Å². The van der Waals surface area contributed by atoms with Gasteiger partial charge in [0.1, 0.15) is 5.60 Å². The lowest BCUT2D eigenvalue weighted by atomic mass is 10.1. The molecular formula is C18H28N2O6. The van der Waals surface area contributed by atoms with Crippen LogP contribution in [0.3, 0.4) is 0 Å². The molecule has 1 aromatic rings. The lowest BCUT2D eigenvalue weighted by molar-refractivity contribution is -0.385. The van der Waals surface area contributed by atoms with Crippen molar-refractivity contribution in [3.8, 4) is 0 Å². The standard InChI is InChI=1S/C18H28N2O6/c1-18(2,3)26-17(21)19-10-12-25-14-13-24-11-6-8-15-7-4-5-9-16(15)20(22)23/h4-5,7,9H,6,8,10-14H2,1-3H3,(H,19,21). The average molecular weight is 368 g/mol. The minimum atomic E-state index is -0.515. The number of nitrogens with zero attached hydrogens (tertiary/aromatic N) is 1. The van der Waals surface area contributed by atoms with E-state index in [9.17, 15) is 14.9 Å². The Bertz CT molecular complexity index is 571. The third-order valence-electron chi connectivity index (χ3n) is 3.21. The van der Waals surface area contributed by atoms with Gasteiger partial charge in [0.25, 0.3) is 5.69 Å². The predicted octanol–water partition coefficient (Wildman–Crippen LogP) is 3.09. The van der Waals surface area contributed by atoms with Gasteiger partial charge in [0.05, 0.1) is 24.7 Å². The topological polar surface area (TPSA) is 99.9 Å². The molecule has 0 aromatic heterocycles. The zero-order valence-corrected chi connectivity index (χ0v) is 15.7. The van der Waals surface area contributed by atoms with E-state index in [1.54, 1.807) is 39.0 Å². The fraction of sp³-hybridized carbons (Fsp3) is 0.611. The number of carbonyl (C=O) groups excluding carboxylic acids is 1. The second-order valence-corrected chi connectivity index (χ2v) is 6.64. The number of para-hydroxylation sites is 1. The maximum atomic E-state index is 11.4. The van der Waals surface area contributed by atoms with Crippen LogP contribution in [0.25, 0.3) is 0 Å². The van der Waals surface area contributed by atoms with Gasteiger partial charge in [0, 0.05) is 24.8 Å². The summed E-state index contributed by atoms with van der Waals surface area (Å²) in [6, 6.07) is 6.73. The summed E-state index contributed by atoms with van der Waals surface area (Å²) in [5.41, 5.74) is 0.345. The fourth-order valence-corrected chi connectivity index (χ4v) is 2.13. The molecule has 0 aliphatic rings. The number of hydrogen-bond acceptors (Lipinski definition) is 6. The molecule has 8 nitrogen and oxygen atoms in total. The number of carbonyl (C=O) groups is 1. The summed E-state index contributed by atoms with van der Waals surface area (Å²) < 4.78 is 15.9. The molecule has 0 radical (unpaired) electrons. The van der Waals surface area contributed by atoms with Gasteiger partial charge in [0.15, 0.2) is 0 Å². The van der Waals surface area contributed by atoms with E-state index >= 15 is 0 Å². The van der Waals surface area contributed by atoms with E-state index in [4.69, 9.17) is 14.2 Å². The Hall–Kier alpha value is -2.19. The van der Waals surface area contributed by atoms with Crippen LogP contribution in [-0.4, -0.2) is 49.6 Å². The first-order valence-corrected chi connectivity index (χ1v) is 8.64. The largest absolute Gasteiger partial charge is 0.444 e. The summed E-state index contributed by atoms with van der Waals surface area (Å²) in [5, 5.41) is 13.5. The van der Waals surface area contributed by atoms with Crippen LogP contribution in [0, 0.1) is 10.1 Å². The van der Waals surface area contributed by atoms with E-state index in [0.29, 0.717) is 51.4 Å². The van der Waals surface area contributed by atoms with Gasteiger partial charge in [-0.25, -0.2) is 4.79 Å². The number of hydrogen-bond donors (Lipinski definition) is 1. The zero-order chi connectivity index (χ0) is 19.4. The quantitative estimate of drug-likeness (QED) is 0.366. The van der Waals surface area contributed by atoms with Crippen molar-refractivity contribution >= 4 is 11.8 Å². The Kier molecular flexibility index (Phi) is 9.61. The van der Waals surface area contributed by atoms with Gasteiger partial charge >= 0.3 is 6.09 Å². The molecule has 0 unspecified atom stereocenters. The molecule has 1 amide bonds. The minimum absolute atomic E-state index is 0.147. The van der Waals surface area contributed by atoms with Crippen molar-refractivity contribution in [1.29, 1.82) is 0 Å². The summed E-state index contributed by atoms with van der Waals surface area (Å²) in [6.45, 7) is 7.50. The van der Waals surface area contributed by atoms with Crippen LogP contribution in [0.1, 0.15) is 32.8 Å². The van der Waals surface area contributed by atoms with Gasteiger partial charge in [-0.1, -0.05) is 18.2 Å². The van der Waals surface area contributed by atoms with Gasteiger partial charge in [-0.2, -0.15) is 0 Å². The molecule has 0 fully saturated rings. The van der Waals surface area contributed by atoms with Crippen molar-refractivity contribution in [3.63, 3.8) is 0 Å². The van der Waals surface area contributed by atoms with E-state index in [1.165, 1.54) is 6.07 Å². The predicted molar refractivity (Wildman–Crippen MR) is 97.3 cm³/mol. The highest BCUT2D eigenvalue weighted by Gasteiger charge is 2.15. The van der Waals surface area contributed by atoms with Crippen molar-refractivity contribution in [2.45, 2.75) is 39.2 Å². The minimum Gasteiger partial charge on any atom is -0.444 e. The number of amides is 1. The SMILES string of the molecule is CC(C)(C)OC(=O)NCCOCCOCCCc1ccccc1[N+](=O)[O-]. The first-order valence-electron chi connectivity index (χ1n) is 8.64. The van der Waals surface area contributed by atoms with Gasteiger partial charge < -0.3 is 19.5 Å². The third-order valence-corrected chi connectivity index (χ3v) is 3.21. The van der Waals surface area contributed by atoms with Crippen LogP contribution in [0.4, 0.5) is 10.5 Å². The maximum absolute atomic E-state index is 11.4. The van der Waals surface area contributed by atoms with Gasteiger partial charge in [-0.05, 0) is 33.6 Å². The Morgan fingerprint density at radius 1 is 1.12 bits per heavy atom. The molecular weight excluding hydrogens is 340 g/mol. The number of ether oxygens (including phenoxy) is 3. The Morgan fingerprint density at radius 3 is 2.42 bits per heavy atom. The highest BCUT2D eigenvalue weighted by Crippen LogP contribution is 2.18. The normalized spacial score (nSPS) is 11.2. The monoisotopic (exact) mass is 368 g/mol. The van der Waals surface area contributed by atoms with Crippen LogP contribution in [0.2, 0.25) is 0 Å². The van der Waals surface area contributed by atoms with Gasteiger partial charge in [-0.15, -0.1) is 0 Å². The second-order valence-electron chi connectivity index (χ2n) is 6.64. The van der Waals surface area contributed by atoms with Crippen molar-refractivity contribution in [2.24, 2.45) is 0 Å². The first kappa shape index (κ1) is 21.9. The molecule has 0 atom stereocenters. The van der Waals surface area contributed by atoms with E-state index in [2.05, 4.69) is 5.32 Å². The van der Waals surface area contributed by atoms with Crippen molar-refractivity contribution in [2.75, 3.05) is 33.0 Å². The molecule has 0 spiro atoms. The average Bonchev–Trinajstić information content (AvgIpc) is 2.55. The summed E-state index contributed by atoms with van der Waals surface area (Å²) in [4.78, 5) is 21.9. The van der Waals surface area contributed by atoms with E-state index in [1.807, 2.05) is 0 Å². The smallest absolute Gasteiger partial charge is 0.407 e. The van der Waals surface area contributed by atoms with Crippen LogP contribution in [-0.2, 0) is 20.6 Å². The van der Waals surface area contributed by atoms with Crippen molar-refractivity contribution in [1.82, 2.24) is 5.32 Å². The van der Waals surface area contributed by atoms with Crippen LogP contribution in [0.15, 0.2) is 24.3 Å². The molecule has 1 N–H and O–H groups in total. The zero-order valence-electron chi connectivity index (χ0n) is 15.7. The lowest BCUT2D eigenvalue weighted by Crippen LogP contribution is -2.34. The molecule has 0 heterocycles. The summed E-state index contributed by atoms with van der Waals surface area (Å²) in [5.74, 6) is 0. The lowest BCUT2D eigenvalue weighted by Gasteiger charge is -2.19. The van der Waals surface area contributed by atoms with Gasteiger partial charge in [-0.3, -0.25) is 10.1 Å². The summed E-state index contributed by atoms with van der Waals surface area (Å²) in [6.07, 6.45) is 0.829. The number of alkyl carbamates (subject to hydrolysis) is 1. The molecule has 26 heavy (non-hydrogen) atoms. The number of nitrogens with one attached hydrogen (secondary N) is 1. The molecule has 1 aromatic carbocycles. The Labute approximate surface area is 154 Å². The van der Waals surface area contributed by atoms with Crippen molar-refractivity contribution in [3.05, 3.63) is 39.9 Å². The molecule has 0 bridgehead atoms. The molecule has 0 aliphatic carbocycles. The highest BCUT2D eigenvalue weighted by molar-refractivity contribution is 5.67. The summed E-state index contributed by atoms with van der Waals surface area (Å²) in [7, 11) is 0. The highest BCUT2D eigenvalue weighted by atomic mass is 16.6. The maximum Gasteiger partial charge on any atom is 0.407 e. The Balaban J connectivity index is 2.00. The Morgan fingerprint density at radius 2 is 1.77 bits per heavy atom. The fourth-order valence-electron chi connectivity index (χ4n) is 2.13. The van der Waals surface area contributed by atoms with Crippen LogP contribution >= 0.6 is 0 Å². The molecule has 0 saturated carbocycles. The number of aryl methyl sites for hydroxylation is 1. The third kappa shape index (κ3) is 9.95. The van der Waals surface area contributed by atoms with Crippen LogP contribution in [0.5, 0.6) is 0 Å². The molecule has 0 saturated heterocycles. The van der Waals surface area contributed by atoms with Crippen molar-refractivity contribution < 1.29 is 23.9 Å². The summed E-state index contributed by atoms with van der Waals surface area (Å²) >= 11 is 0. The van der Waals surface area contributed by atoms with E-state index in [-0.39, 0.29) is 10.6 Å². The number of benzene rings is 1. The molecule has 0 aliphatic heterocycles. The number of rotatable bonds is 11. The molecule has 8 heteroatoms. The molecule has 146 valence electrons. The first-order chi connectivity index (χ1) is 12.3.